The number of nitrogens with one attached hydrogen (secondary N) is 2. The van der Waals surface area contributed by atoms with Crippen molar-refractivity contribution in [2.45, 2.75) is 196 Å². The quantitative estimate of drug-likeness (QED) is 0.0448. The van der Waals surface area contributed by atoms with E-state index >= 15 is 0 Å². The Hall–Kier alpha value is -2.60. The Labute approximate surface area is 420 Å². The first kappa shape index (κ1) is 60.5. The van der Waals surface area contributed by atoms with Crippen LogP contribution in [0.4, 0.5) is 0 Å². The van der Waals surface area contributed by atoms with Gasteiger partial charge in [0, 0.05) is 12.8 Å². The molecular weight excluding hydrogens is 1050 g/mol. The number of allylic oxidation sites excluding steroid dienone is 1. The van der Waals surface area contributed by atoms with Gasteiger partial charge in [0.2, 0.25) is 5.89 Å². The Morgan fingerprint density at radius 2 is 1.49 bits per heavy atom. The Balaban J connectivity index is 2.32. The van der Waals surface area contributed by atoms with Crippen LogP contribution in [0.15, 0.2) is 67.6 Å². The van der Waals surface area contributed by atoms with E-state index < -0.39 is 64.9 Å². The van der Waals surface area contributed by atoms with Gasteiger partial charge in [-0.3, -0.25) is 9.59 Å². The van der Waals surface area contributed by atoms with Crippen LogP contribution >= 0.6 is 15.9 Å². The number of carbonyl (C=O) groups excluding carboxylic acids is 4. The van der Waals surface area contributed by atoms with E-state index in [1.165, 1.54) is 51.8 Å². The van der Waals surface area contributed by atoms with Crippen molar-refractivity contribution >= 4 is 79.6 Å². The number of oxazole rings is 1. The third kappa shape index (κ3) is 21.5. The van der Waals surface area contributed by atoms with E-state index in [1.807, 2.05) is 83.7 Å². The summed E-state index contributed by atoms with van der Waals surface area (Å²) in [5.74, 6) is -1.71. The van der Waals surface area contributed by atoms with Crippen LogP contribution in [0, 0.1) is 11.8 Å². The van der Waals surface area contributed by atoms with Crippen LogP contribution < -0.4 is 16.0 Å². The normalized spacial score (nSPS) is 14.9. The van der Waals surface area contributed by atoms with Gasteiger partial charge in [-0.2, -0.15) is 0 Å². The van der Waals surface area contributed by atoms with Crippen LogP contribution in [-0.4, -0.2) is 88.1 Å². The average Bonchev–Trinajstić information content (AvgIpc) is 3.67. The first-order valence-electron chi connectivity index (χ1n) is 25.0. The number of benzene rings is 1. The molecule has 376 valence electrons. The number of hydrogen-bond donors (Lipinski definition) is 2. The van der Waals surface area contributed by atoms with Gasteiger partial charge in [-0.1, -0.05) is 86.7 Å². The van der Waals surface area contributed by atoms with Gasteiger partial charge in [0.25, 0.3) is 5.91 Å². The third-order valence-electron chi connectivity index (χ3n) is 12.8. The summed E-state index contributed by atoms with van der Waals surface area (Å²) in [6.45, 7) is 32.1. The second-order valence-corrected chi connectivity index (χ2v) is 45.5. The van der Waals surface area contributed by atoms with Crippen molar-refractivity contribution in [3.05, 3.63) is 80.4 Å². The molecule has 0 radical (unpaired) electrons. The Kier molecular flexibility index (Phi) is 26.1. The number of halogens is 1. The van der Waals surface area contributed by atoms with Crippen molar-refractivity contribution in [2.24, 2.45) is 11.8 Å². The molecule has 2 rings (SSSR count). The van der Waals surface area contributed by atoms with Crippen LogP contribution in [0.1, 0.15) is 136 Å². The number of esters is 1. The molecule has 67 heavy (non-hydrogen) atoms. The maximum absolute atomic E-state index is 14.3. The van der Waals surface area contributed by atoms with Gasteiger partial charge < -0.3 is 14.2 Å². The Morgan fingerprint density at radius 3 is 2.00 bits per heavy atom. The standard InChI is InChI=1S/C41H61BrN3O7Si2.3C4H9.Sn/c1-14-22-43-34(47)21-20-28(4)37(27(2)3)51-39(49)33(24-30-18-16-15-17-19-30)44-38(48)36-40(53(9,10)11)50-35(45-36)26-31(46)25-32(23-29(5)42)52-54(12,13)41(6,7)8;3*1-3-4-2;/h1,14-21,23,27-28,32-33,37H,22,24-26H2,2-13H3,(H,43,47)(H,44,48);3*1,3-4H2,2H3;/b14-1?,21-20+,29-23+;;;;/t28-,32-,33-,37-;;;;/m1..../s1. The number of ether oxygens (including phenoxy) is 1. The van der Waals surface area contributed by atoms with Gasteiger partial charge in [-0.15, -0.1) is 0 Å². The Bertz CT molecular complexity index is 1930. The monoisotopic (exact) mass is 1130 g/mol. The van der Waals surface area contributed by atoms with Gasteiger partial charge in [0.1, 0.15) is 19.2 Å². The maximum atomic E-state index is 14.3. The van der Waals surface area contributed by atoms with E-state index in [0.717, 1.165) is 10.0 Å². The molecule has 0 saturated heterocycles. The number of ketones is 1. The van der Waals surface area contributed by atoms with Gasteiger partial charge in [-0.05, 0) is 41.2 Å². The fraction of sp³-hybridized carbons (Fsp3) is 0.642. The second-order valence-electron chi connectivity index (χ2n) is 21.5. The summed E-state index contributed by atoms with van der Waals surface area (Å²) in [6.07, 6.45) is 14.2. The number of unbranched alkanes of at least 4 members (excludes halogenated alkanes) is 3. The molecule has 0 aliphatic heterocycles. The van der Waals surface area contributed by atoms with Crippen LogP contribution in [0.3, 0.4) is 0 Å². The summed E-state index contributed by atoms with van der Waals surface area (Å²) in [7, 11) is -4.54. The number of hydrogen-bond acceptors (Lipinski definition) is 8. The van der Waals surface area contributed by atoms with Crippen molar-refractivity contribution in [1.82, 2.24) is 15.6 Å². The molecule has 0 aliphatic carbocycles. The van der Waals surface area contributed by atoms with E-state index in [2.05, 4.69) is 96.4 Å². The fourth-order valence-corrected chi connectivity index (χ4v) is 25.2. The molecule has 2 amide bonds. The van der Waals surface area contributed by atoms with Crippen molar-refractivity contribution < 1.29 is 32.8 Å². The molecule has 0 aliphatic rings. The van der Waals surface area contributed by atoms with E-state index in [9.17, 15) is 19.2 Å². The summed E-state index contributed by atoms with van der Waals surface area (Å²) in [5.41, 5.74) is 0.916. The van der Waals surface area contributed by atoms with E-state index in [1.54, 1.807) is 12.2 Å². The van der Waals surface area contributed by atoms with Crippen LogP contribution in [0.5, 0.6) is 0 Å². The van der Waals surface area contributed by atoms with Crippen molar-refractivity contribution in [2.75, 3.05) is 6.54 Å². The molecule has 0 unspecified atom stereocenters. The number of nitrogens with zero attached hydrogens (tertiary/aromatic N) is 1. The number of rotatable bonds is 30. The number of amides is 2. The molecule has 1 aromatic heterocycles. The zero-order valence-corrected chi connectivity index (χ0v) is 50.5. The van der Waals surface area contributed by atoms with Crippen molar-refractivity contribution in [1.29, 1.82) is 0 Å². The first-order chi connectivity index (χ1) is 31.3. The number of carbonyl (C=O) groups is 4. The Morgan fingerprint density at radius 1 is 0.910 bits per heavy atom. The van der Waals surface area contributed by atoms with Crippen molar-refractivity contribution in [3.8, 4) is 0 Å². The topological polar surface area (TPSA) is 137 Å². The fourth-order valence-electron chi connectivity index (χ4n) is 7.94. The average molecular weight is 1130 g/mol. The summed E-state index contributed by atoms with van der Waals surface area (Å²) in [6, 6.07) is 8.41. The molecule has 1 heterocycles. The zero-order valence-electron chi connectivity index (χ0n) is 44.0. The van der Waals surface area contributed by atoms with E-state index in [-0.39, 0.29) is 59.4 Å². The predicted molar refractivity (Wildman–Crippen MR) is 289 cm³/mol. The predicted octanol–water partition coefficient (Wildman–Crippen LogP) is 12.6. The van der Waals surface area contributed by atoms with Crippen LogP contribution in [-0.2, 0) is 36.4 Å². The first-order valence-corrected chi connectivity index (χ1v) is 39.9. The SMILES string of the molecule is CCC[CH2][Sn](/[CH]=C/CNC(=O)/C=C/[C@@H](C)[C@H](OC(=O)[C@@H](Cc1ccccc1)NC(=O)c1nc(CC(=O)C[C@@H](/C=C(\C)Br)O[Si](C)(C)C(C)(C)C)oc1[Si](C)(C)C)C(C)C)([CH2]CCC)[CH2]CCC. The summed E-state index contributed by atoms with van der Waals surface area (Å²) in [5, 5.41) is 6.41. The van der Waals surface area contributed by atoms with Gasteiger partial charge in [0.05, 0.1) is 12.5 Å². The minimum atomic E-state index is -2.45. The summed E-state index contributed by atoms with van der Waals surface area (Å²) in [4.78, 5) is 59.9. The van der Waals surface area contributed by atoms with Crippen LogP contribution in [0.2, 0.25) is 51.1 Å². The summed E-state index contributed by atoms with van der Waals surface area (Å²) < 4.78 is 26.7. The van der Waals surface area contributed by atoms with Crippen LogP contribution in [0.25, 0.3) is 0 Å². The molecule has 14 heteroatoms. The van der Waals surface area contributed by atoms with Crippen molar-refractivity contribution in [3.63, 3.8) is 0 Å². The van der Waals surface area contributed by atoms with Gasteiger partial charge in [0.15, 0.2) is 14.0 Å². The molecule has 1 aromatic carbocycles. The molecule has 0 saturated carbocycles. The van der Waals surface area contributed by atoms with E-state index in [0.29, 0.717) is 11.9 Å². The zero-order chi connectivity index (χ0) is 50.6. The molecule has 2 N–H and O–H groups in total. The third-order valence-corrected chi connectivity index (χ3v) is 33.5. The van der Waals surface area contributed by atoms with E-state index in [4.69, 9.17) is 13.6 Å². The number of aromatic nitrogens is 1. The molecular formula is C53H88BrN3O7Si2Sn. The summed E-state index contributed by atoms with van der Waals surface area (Å²) >= 11 is 1.07. The molecule has 10 nitrogen and oxygen atoms in total. The second kappa shape index (κ2) is 28.9. The molecule has 2 aromatic rings. The molecule has 0 fully saturated rings. The van der Waals surface area contributed by atoms with Gasteiger partial charge in [-0.25, -0.2) is 4.98 Å². The molecule has 4 atom stereocenters. The minimum absolute atomic E-state index is 0.0458. The molecule has 0 spiro atoms. The number of Topliss-reactive ketones (excluding diaryl/α,β-unsaturated/α-hetero) is 1. The molecule has 0 bridgehead atoms. The van der Waals surface area contributed by atoms with Gasteiger partial charge >= 0.3 is 196 Å².